The van der Waals surface area contributed by atoms with Crippen LogP contribution < -0.4 is 10.2 Å². The van der Waals surface area contributed by atoms with Crippen LogP contribution in [-0.4, -0.2) is 35.2 Å². The van der Waals surface area contributed by atoms with Gasteiger partial charge >= 0.3 is 0 Å². The maximum atomic E-state index is 13.8. The third kappa shape index (κ3) is 3.71. The van der Waals surface area contributed by atoms with Crippen LogP contribution in [0.1, 0.15) is 16.8 Å². The second-order valence-electron chi connectivity index (χ2n) is 6.68. The van der Waals surface area contributed by atoms with Crippen molar-refractivity contribution in [2.45, 2.75) is 12.5 Å². The topological polar surface area (TPSA) is 61.0 Å². The number of aromatic nitrogens is 2. The molecule has 28 heavy (non-hydrogen) atoms. The summed E-state index contributed by atoms with van der Waals surface area (Å²) in [7, 11) is 0. The van der Waals surface area contributed by atoms with E-state index in [1.54, 1.807) is 12.1 Å². The van der Waals surface area contributed by atoms with Gasteiger partial charge in [0.05, 0.1) is 11.3 Å². The Morgan fingerprint density at radius 3 is 2.57 bits per heavy atom. The van der Waals surface area contributed by atoms with Gasteiger partial charge in [0.2, 0.25) is 0 Å². The second kappa shape index (κ2) is 7.38. The van der Waals surface area contributed by atoms with Crippen molar-refractivity contribution in [1.82, 2.24) is 15.5 Å². The number of carbonyl (C=O) groups is 1. The number of halogens is 3. The Hall–Kier alpha value is -3.29. The Kier molecular flexibility index (Phi) is 4.77. The molecule has 4 rings (SSSR count). The highest BCUT2D eigenvalue weighted by atomic mass is 19.1. The summed E-state index contributed by atoms with van der Waals surface area (Å²) in [6.07, 6.45) is 0.674. The second-order valence-corrected chi connectivity index (χ2v) is 6.68. The van der Waals surface area contributed by atoms with E-state index in [0.717, 1.165) is 23.4 Å². The summed E-state index contributed by atoms with van der Waals surface area (Å²) >= 11 is 0. The fourth-order valence-corrected chi connectivity index (χ4v) is 3.27. The molecule has 144 valence electrons. The zero-order valence-electron chi connectivity index (χ0n) is 14.8. The fraction of sp³-hybridized carbons (Fsp3) is 0.200. The lowest BCUT2D eigenvalue weighted by atomic mass is 10.1. The molecule has 1 saturated heterocycles. The number of hydrogen-bond donors (Lipinski definition) is 2. The van der Waals surface area contributed by atoms with Crippen LogP contribution in [0, 0.1) is 17.5 Å². The number of hydrogen-bond acceptors (Lipinski definition) is 3. The highest BCUT2D eigenvalue weighted by Crippen LogP contribution is 2.25. The Bertz CT molecular complexity index is 1000. The number of nitrogens with zero attached hydrogens (tertiary/aromatic N) is 2. The van der Waals surface area contributed by atoms with Gasteiger partial charge in [-0.25, -0.2) is 13.2 Å². The van der Waals surface area contributed by atoms with Gasteiger partial charge in [-0.2, -0.15) is 5.10 Å². The Morgan fingerprint density at radius 1 is 1.07 bits per heavy atom. The number of aromatic amines is 1. The summed E-state index contributed by atoms with van der Waals surface area (Å²) in [6.45, 7) is 1.19. The molecule has 0 spiro atoms. The molecule has 1 aromatic heterocycles. The first-order valence-corrected chi connectivity index (χ1v) is 8.82. The number of rotatable bonds is 4. The normalized spacial score (nSPS) is 16.4. The van der Waals surface area contributed by atoms with Gasteiger partial charge in [-0.05, 0) is 48.4 Å². The van der Waals surface area contributed by atoms with Gasteiger partial charge < -0.3 is 10.2 Å². The summed E-state index contributed by atoms with van der Waals surface area (Å²) < 4.78 is 39.8. The minimum absolute atomic E-state index is 0.178. The molecule has 0 unspecified atom stereocenters. The average Bonchev–Trinajstić information content (AvgIpc) is 3.31. The SMILES string of the molecule is O=C(N[C@H]1CCN(c2cc(-c3ccc(F)cc3)[nH]n2)C1)c1ccc(F)cc1F. The van der Waals surface area contributed by atoms with Gasteiger partial charge in [0, 0.05) is 31.3 Å². The molecule has 0 saturated carbocycles. The molecule has 1 aliphatic heterocycles. The quantitative estimate of drug-likeness (QED) is 0.722. The summed E-state index contributed by atoms with van der Waals surface area (Å²) in [6, 6.07) is 10.6. The maximum absolute atomic E-state index is 13.8. The molecular weight excluding hydrogens is 369 g/mol. The molecule has 3 aromatic rings. The first-order valence-electron chi connectivity index (χ1n) is 8.82. The van der Waals surface area contributed by atoms with Crippen LogP contribution in [0.3, 0.4) is 0 Å². The minimum Gasteiger partial charge on any atom is -0.353 e. The zero-order valence-corrected chi connectivity index (χ0v) is 14.8. The van der Waals surface area contributed by atoms with E-state index in [1.165, 1.54) is 12.1 Å². The number of carbonyl (C=O) groups excluding carboxylic acids is 1. The van der Waals surface area contributed by atoms with Crippen LogP contribution in [0.4, 0.5) is 19.0 Å². The molecule has 2 heterocycles. The predicted octanol–water partition coefficient (Wildman–Crippen LogP) is 3.50. The largest absolute Gasteiger partial charge is 0.353 e. The number of benzene rings is 2. The van der Waals surface area contributed by atoms with E-state index in [1.807, 2.05) is 11.0 Å². The molecule has 1 atom stereocenters. The van der Waals surface area contributed by atoms with Gasteiger partial charge in [-0.15, -0.1) is 0 Å². The third-order valence-electron chi connectivity index (χ3n) is 4.74. The molecule has 0 bridgehead atoms. The monoisotopic (exact) mass is 386 g/mol. The highest BCUT2D eigenvalue weighted by molar-refractivity contribution is 5.94. The zero-order chi connectivity index (χ0) is 19.7. The van der Waals surface area contributed by atoms with E-state index in [2.05, 4.69) is 15.5 Å². The van der Waals surface area contributed by atoms with Crippen molar-refractivity contribution in [2.24, 2.45) is 0 Å². The Morgan fingerprint density at radius 2 is 1.82 bits per heavy atom. The van der Waals surface area contributed by atoms with Gasteiger partial charge in [0.15, 0.2) is 5.82 Å². The van der Waals surface area contributed by atoms with Crippen LogP contribution >= 0.6 is 0 Å². The van der Waals surface area contributed by atoms with E-state index < -0.39 is 17.5 Å². The maximum Gasteiger partial charge on any atom is 0.254 e. The minimum atomic E-state index is -0.886. The van der Waals surface area contributed by atoms with Gasteiger partial charge in [-0.1, -0.05) is 0 Å². The van der Waals surface area contributed by atoms with Crippen molar-refractivity contribution in [2.75, 3.05) is 18.0 Å². The Labute approximate surface area is 159 Å². The van der Waals surface area contributed by atoms with E-state index in [9.17, 15) is 18.0 Å². The molecule has 8 heteroatoms. The van der Waals surface area contributed by atoms with Crippen molar-refractivity contribution in [1.29, 1.82) is 0 Å². The summed E-state index contributed by atoms with van der Waals surface area (Å²) in [4.78, 5) is 14.2. The smallest absolute Gasteiger partial charge is 0.254 e. The Balaban J connectivity index is 1.40. The van der Waals surface area contributed by atoms with Crippen LogP contribution in [0.5, 0.6) is 0 Å². The molecule has 1 amide bonds. The highest BCUT2D eigenvalue weighted by Gasteiger charge is 2.26. The summed E-state index contributed by atoms with van der Waals surface area (Å²) in [5.41, 5.74) is 1.39. The number of H-pyrrole nitrogens is 1. The van der Waals surface area contributed by atoms with Crippen molar-refractivity contribution >= 4 is 11.7 Å². The van der Waals surface area contributed by atoms with Crippen molar-refractivity contribution in [3.8, 4) is 11.3 Å². The van der Waals surface area contributed by atoms with Gasteiger partial charge in [0.1, 0.15) is 17.5 Å². The molecule has 2 aromatic carbocycles. The van der Waals surface area contributed by atoms with E-state index in [0.29, 0.717) is 31.4 Å². The van der Waals surface area contributed by atoms with Crippen LogP contribution in [0.2, 0.25) is 0 Å². The van der Waals surface area contributed by atoms with Crippen LogP contribution in [0.25, 0.3) is 11.3 Å². The lowest BCUT2D eigenvalue weighted by molar-refractivity contribution is 0.0936. The standard InChI is InChI=1S/C20H17F3N4O/c21-13-3-1-12(2-4-13)18-10-19(26-25-18)27-8-7-15(11-27)24-20(28)16-6-5-14(22)9-17(16)23/h1-6,9-10,15H,7-8,11H2,(H,24,28)(H,25,26)/t15-/m0/s1. The van der Waals surface area contributed by atoms with Crippen molar-refractivity contribution < 1.29 is 18.0 Å². The molecule has 0 aliphatic carbocycles. The van der Waals surface area contributed by atoms with Gasteiger partial charge in [-0.3, -0.25) is 9.89 Å². The van der Waals surface area contributed by atoms with E-state index >= 15 is 0 Å². The van der Waals surface area contributed by atoms with Crippen molar-refractivity contribution in [3.05, 3.63) is 71.5 Å². The lowest BCUT2D eigenvalue weighted by Gasteiger charge is -2.16. The lowest BCUT2D eigenvalue weighted by Crippen LogP contribution is -2.37. The van der Waals surface area contributed by atoms with Crippen LogP contribution in [0.15, 0.2) is 48.5 Å². The summed E-state index contributed by atoms with van der Waals surface area (Å²) in [5.74, 6) is -1.78. The number of nitrogens with one attached hydrogen (secondary N) is 2. The number of amides is 1. The third-order valence-corrected chi connectivity index (χ3v) is 4.74. The molecule has 2 N–H and O–H groups in total. The fourth-order valence-electron chi connectivity index (χ4n) is 3.27. The first-order chi connectivity index (χ1) is 13.5. The van der Waals surface area contributed by atoms with Crippen molar-refractivity contribution in [3.63, 3.8) is 0 Å². The molecular formula is C20H17F3N4O. The molecule has 1 fully saturated rings. The number of anilines is 1. The van der Waals surface area contributed by atoms with E-state index in [-0.39, 0.29) is 17.4 Å². The molecule has 0 radical (unpaired) electrons. The molecule has 5 nitrogen and oxygen atoms in total. The predicted molar refractivity (Wildman–Crippen MR) is 98.4 cm³/mol. The molecule has 1 aliphatic rings. The van der Waals surface area contributed by atoms with Crippen LogP contribution in [-0.2, 0) is 0 Å². The van der Waals surface area contributed by atoms with E-state index in [4.69, 9.17) is 0 Å². The van der Waals surface area contributed by atoms with Gasteiger partial charge in [0.25, 0.3) is 5.91 Å². The first kappa shape index (κ1) is 18.1. The summed E-state index contributed by atoms with van der Waals surface area (Å²) in [5, 5.41) is 9.99. The average molecular weight is 386 g/mol.